The van der Waals surface area contributed by atoms with Crippen LogP contribution in [0.4, 0.5) is 0 Å². The molecule has 0 aromatic carbocycles. The molecule has 2 rings (SSSR count). The summed E-state index contributed by atoms with van der Waals surface area (Å²) in [4.78, 5) is 5.53. The number of rotatable bonds is 8. The number of aryl methyl sites for hydroxylation is 2. The van der Waals surface area contributed by atoms with Gasteiger partial charge in [-0.05, 0) is 51.8 Å². The van der Waals surface area contributed by atoms with Gasteiger partial charge in [-0.1, -0.05) is 0 Å². The highest BCUT2D eigenvalue weighted by Gasteiger charge is 2.19. The van der Waals surface area contributed by atoms with E-state index in [9.17, 15) is 8.42 Å². The van der Waals surface area contributed by atoms with E-state index in [4.69, 9.17) is 0 Å². The Morgan fingerprint density at radius 2 is 2.00 bits per heavy atom. The number of aliphatic imine (C=N–C) groups is 1. The minimum Gasteiger partial charge on any atom is -0.357 e. The Bertz CT molecular complexity index is 966. The van der Waals surface area contributed by atoms with Crippen LogP contribution < -0.4 is 10.6 Å². The smallest absolute Gasteiger partial charge is 0.252 e. The SMILES string of the molecule is CCNC(=NCc1ccc(S(=O)(=O)N(C)C)s1)NC(C)Cc1c(C)nn(C)c1C.I. The first-order valence-electron chi connectivity index (χ1n) is 9.61. The highest BCUT2D eigenvalue weighted by atomic mass is 127. The molecule has 0 fully saturated rings. The first-order valence-corrected chi connectivity index (χ1v) is 11.9. The average Bonchev–Trinajstić information content (AvgIpc) is 3.21. The normalized spacial score (nSPS) is 13.3. The molecule has 0 saturated carbocycles. The van der Waals surface area contributed by atoms with E-state index in [0.717, 1.165) is 23.5 Å². The number of aromatic nitrogens is 2. The standard InChI is InChI=1S/C19H32N6O2S2.HI/c1-8-20-19(22-13(2)11-17-14(3)23-25(7)15(17)4)21-12-16-9-10-18(28-16)29(26,27)24(5)6;/h9-10,13H,8,11-12H2,1-7H3,(H2,20,21,22);1H. The van der Waals surface area contributed by atoms with Gasteiger partial charge in [-0.15, -0.1) is 35.3 Å². The summed E-state index contributed by atoms with van der Waals surface area (Å²) >= 11 is 1.25. The minimum absolute atomic E-state index is 0. The summed E-state index contributed by atoms with van der Waals surface area (Å²) in [7, 11) is 1.63. The van der Waals surface area contributed by atoms with Crippen LogP contribution in [0.15, 0.2) is 21.3 Å². The Morgan fingerprint density at radius 3 is 2.53 bits per heavy atom. The van der Waals surface area contributed by atoms with Crippen LogP contribution in [0.25, 0.3) is 0 Å². The number of guanidine groups is 1. The molecule has 8 nitrogen and oxygen atoms in total. The Morgan fingerprint density at radius 1 is 1.33 bits per heavy atom. The van der Waals surface area contributed by atoms with Crippen molar-refractivity contribution in [3.63, 3.8) is 0 Å². The zero-order valence-electron chi connectivity index (χ0n) is 18.7. The van der Waals surface area contributed by atoms with Crippen molar-refractivity contribution in [3.05, 3.63) is 34.0 Å². The number of halogens is 1. The molecule has 0 radical (unpaired) electrons. The fourth-order valence-corrected chi connectivity index (χ4v) is 5.39. The molecule has 0 spiro atoms. The van der Waals surface area contributed by atoms with E-state index in [0.29, 0.717) is 16.7 Å². The van der Waals surface area contributed by atoms with Crippen molar-refractivity contribution in [3.8, 4) is 0 Å². The number of sulfonamides is 1. The van der Waals surface area contributed by atoms with Crippen molar-refractivity contribution in [2.24, 2.45) is 12.0 Å². The van der Waals surface area contributed by atoms with Gasteiger partial charge in [0, 0.05) is 44.3 Å². The van der Waals surface area contributed by atoms with Crippen LogP contribution in [-0.4, -0.2) is 55.1 Å². The molecule has 170 valence electrons. The van der Waals surface area contributed by atoms with Crippen molar-refractivity contribution in [2.45, 2.75) is 50.9 Å². The molecule has 0 aliphatic carbocycles. The number of nitrogens with zero attached hydrogens (tertiary/aromatic N) is 4. The third-order valence-electron chi connectivity index (χ3n) is 4.66. The van der Waals surface area contributed by atoms with Gasteiger partial charge >= 0.3 is 0 Å². The largest absolute Gasteiger partial charge is 0.357 e. The maximum Gasteiger partial charge on any atom is 0.252 e. The topological polar surface area (TPSA) is 91.6 Å². The van der Waals surface area contributed by atoms with Crippen molar-refractivity contribution >= 4 is 51.3 Å². The first kappa shape index (κ1) is 26.9. The van der Waals surface area contributed by atoms with E-state index in [-0.39, 0.29) is 30.0 Å². The maximum atomic E-state index is 12.2. The molecular weight excluding hydrogens is 535 g/mol. The Kier molecular flexibility index (Phi) is 10.2. The molecule has 2 heterocycles. The summed E-state index contributed by atoms with van der Waals surface area (Å²) in [5.74, 6) is 0.713. The van der Waals surface area contributed by atoms with E-state index in [1.807, 2.05) is 31.6 Å². The molecule has 2 aromatic rings. The third kappa shape index (κ3) is 6.66. The summed E-state index contributed by atoms with van der Waals surface area (Å²) in [6.45, 7) is 9.41. The fraction of sp³-hybridized carbons (Fsp3) is 0.579. The monoisotopic (exact) mass is 568 g/mol. The molecule has 2 aromatic heterocycles. The number of hydrogen-bond acceptors (Lipinski definition) is 5. The third-order valence-corrected chi connectivity index (χ3v) is 8.01. The van der Waals surface area contributed by atoms with E-state index < -0.39 is 10.0 Å². The lowest BCUT2D eigenvalue weighted by Crippen LogP contribution is -2.43. The van der Waals surface area contributed by atoms with E-state index in [1.165, 1.54) is 41.0 Å². The fourth-order valence-electron chi connectivity index (χ4n) is 2.94. The van der Waals surface area contributed by atoms with Crippen LogP contribution in [0.3, 0.4) is 0 Å². The molecule has 0 saturated heterocycles. The number of hydrogen-bond donors (Lipinski definition) is 2. The minimum atomic E-state index is -3.40. The van der Waals surface area contributed by atoms with Crippen molar-refractivity contribution in [1.82, 2.24) is 24.7 Å². The van der Waals surface area contributed by atoms with Crippen molar-refractivity contribution in [1.29, 1.82) is 0 Å². The van der Waals surface area contributed by atoms with E-state index in [2.05, 4.69) is 34.6 Å². The van der Waals surface area contributed by atoms with Crippen LogP contribution in [0.2, 0.25) is 0 Å². The summed E-state index contributed by atoms with van der Waals surface area (Å²) in [6.07, 6.45) is 0.847. The molecule has 0 bridgehead atoms. The molecule has 1 unspecified atom stereocenters. The molecule has 0 aliphatic heterocycles. The quantitative estimate of drug-likeness (QED) is 0.290. The molecule has 30 heavy (non-hydrogen) atoms. The van der Waals surface area contributed by atoms with Crippen LogP contribution in [0.5, 0.6) is 0 Å². The summed E-state index contributed by atoms with van der Waals surface area (Å²) < 4.78 is 27.9. The van der Waals surface area contributed by atoms with Gasteiger partial charge in [-0.3, -0.25) is 4.68 Å². The summed E-state index contributed by atoms with van der Waals surface area (Å²) in [5, 5.41) is 11.2. The lowest BCUT2D eigenvalue weighted by atomic mass is 10.1. The van der Waals surface area contributed by atoms with Crippen LogP contribution in [0.1, 0.15) is 35.7 Å². The highest BCUT2D eigenvalue weighted by molar-refractivity contribution is 14.0. The molecule has 1 atom stereocenters. The zero-order chi connectivity index (χ0) is 21.8. The average molecular weight is 569 g/mol. The van der Waals surface area contributed by atoms with Gasteiger partial charge in [0.2, 0.25) is 0 Å². The molecule has 0 aliphatic rings. The first-order chi connectivity index (χ1) is 13.6. The lowest BCUT2D eigenvalue weighted by molar-refractivity contribution is 0.523. The van der Waals surface area contributed by atoms with Crippen molar-refractivity contribution in [2.75, 3.05) is 20.6 Å². The second-order valence-corrected chi connectivity index (χ2v) is 10.8. The lowest BCUT2D eigenvalue weighted by Gasteiger charge is -2.18. The number of nitrogens with one attached hydrogen (secondary N) is 2. The Balaban J connectivity index is 0.00000450. The zero-order valence-corrected chi connectivity index (χ0v) is 22.6. The van der Waals surface area contributed by atoms with Crippen LogP contribution in [0, 0.1) is 13.8 Å². The predicted octanol–water partition coefficient (Wildman–Crippen LogP) is 2.65. The van der Waals surface area contributed by atoms with Gasteiger partial charge in [0.25, 0.3) is 10.0 Å². The van der Waals surface area contributed by atoms with Gasteiger partial charge in [-0.2, -0.15) is 5.10 Å². The van der Waals surface area contributed by atoms with Gasteiger partial charge in [0.05, 0.1) is 12.2 Å². The summed E-state index contributed by atoms with van der Waals surface area (Å²) in [6, 6.07) is 3.63. The second-order valence-electron chi connectivity index (χ2n) is 7.23. The van der Waals surface area contributed by atoms with Gasteiger partial charge < -0.3 is 10.6 Å². The van der Waals surface area contributed by atoms with Gasteiger partial charge in [-0.25, -0.2) is 17.7 Å². The highest BCUT2D eigenvalue weighted by Crippen LogP contribution is 2.24. The van der Waals surface area contributed by atoms with E-state index in [1.54, 1.807) is 6.07 Å². The second kappa shape index (κ2) is 11.4. The molecular formula is C19H33IN6O2S2. The summed E-state index contributed by atoms with van der Waals surface area (Å²) in [5.41, 5.74) is 3.47. The van der Waals surface area contributed by atoms with Crippen LogP contribution in [-0.2, 0) is 30.0 Å². The van der Waals surface area contributed by atoms with Crippen LogP contribution >= 0.6 is 35.3 Å². The maximum absolute atomic E-state index is 12.2. The Hall–Kier alpha value is -1.18. The van der Waals surface area contributed by atoms with Gasteiger partial charge in [0.15, 0.2) is 5.96 Å². The van der Waals surface area contributed by atoms with Gasteiger partial charge in [0.1, 0.15) is 4.21 Å². The Labute approximate surface area is 201 Å². The molecule has 0 amide bonds. The van der Waals surface area contributed by atoms with Crippen molar-refractivity contribution < 1.29 is 8.42 Å². The predicted molar refractivity (Wildman–Crippen MR) is 134 cm³/mol. The number of thiophene rings is 1. The molecule has 2 N–H and O–H groups in total. The molecule has 11 heteroatoms. The van der Waals surface area contributed by atoms with E-state index >= 15 is 0 Å².